The summed E-state index contributed by atoms with van der Waals surface area (Å²) in [7, 11) is 1.94. The number of benzene rings is 1. The van der Waals surface area contributed by atoms with Crippen molar-refractivity contribution in [3.8, 4) is 0 Å². The zero-order valence-corrected chi connectivity index (χ0v) is 16.1. The Morgan fingerprint density at radius 1 is 1.19 bits per heavy atom. The molecule has 0 bridgehead atoms. The monoisotopic (exact) mass is 382 g/mol. The van der Waals surface area contributed by atoms with E-state index in [-0.39, 0.29) is 6.10 Å². The second-order valence-corrected chi connectivity index (χ2v) is 7.35. The Morgan fingerprint density at radius 3 is 2.89 bits per heavy atom. The molecule has 1 aliphatic rings. The molecule has 0 unspecified atom stereocenters. The van der Waals surface area contributed by atoms with E-state index in [2.05, 4.69) is 22.3 Å². The molecule has 0 N–H and O–H groups in total. The summed E-state index contributed by atoms with van der Waals surface area (Å²) in [4.78, 5) is 7.25. The van der Waals surface area contributed by atoms with Crippen LogP contribution in [-0.2, 0) is 24.8 Å². The summed E-state index contributed by atoms with van der Waals surface area (Å²) >= 11 is 6.29. The topological polar surface area (TPSA) is 43.2 Å². The van der Waals surface area contributed by atoms with Gasteiger partial charge in [0.25, 0.3) is 0 Å². The molecular weight excluding hydrogens is 360 g/mol. The third-order valence-electron chi connectivity index (χ3n) is 4.80. The molecule has 6 heteroatoms. The maximum absolute atomic E-state index is 6.29. The predicted molar refractivity (Wildman–Crippen MR) is 106 cm³/mol. The SMILES string of the molecule is Cn1cc(CN2CCO[C@@H](c3cccc(Cc4ccccc4Cl)n3)C2)cn1. The zero-order chi connectivity index (χ0) is 18.6. The van der Waals surface area contributed by atoms with Crippen LogP contribution >= 0.6 is 11.6 Å². The molecular formula is C21H23ClN4O. The number of aromatic nitrogens is 3. The van der Waals surface area contributed by atoms with Gasteiger partial charge in [-0.3, -0.25) is 14.6 Å². The summed E-state index contributed by atoms with van der Waals surface area (Å²) in [6.07, 6.45) is 4.70. The second kappa shape index (κ2) is 8.21. The minimum atomic E-state index is -0.0124. The van der Waals surface area contributed by atoms with Gasteiger partial charge >= 0.3 is 0 Å². The zero-order valence-electron chi connectivity index (χ0n) is 15.4. The van der Waals surface area contributed by atoms with Crippen molar-refractivity contribution in [2.75, 3.05) is 19.7 Å². The van der Waals surface area contributed by atoms with E-state index >= 15 is 0 Å². The summed E-state index contributed by atoms with van der Waals surface area (Å²) < 4.78 is 7.86. The maximum atomic E-state index is 6.29. The van der Waals surface area contributed by atoms with Gasteiger partial charge in [0.1, 0.15) is 6.10 Å². The first kappa shape index (κ1) is 18.2. The molecule has 1 aliphatic heterocycles. The summed E-state index contributed by atoms with van der Waals surface area (Å²) in [5.74, 6) is 0. The van der Waals surface area contributed by atoms with Gasteiger partial charge in [0, 0.05) is 55.6 Å². The first-order chi connectivity index (χ1) is 13.2. The fraction of sp³-hybridized carbons (Fsp3) is 0.333. The van der Waals surface area contributed by atoms with E-state index in [0.717, 1.165) is 48.0 Å². The number of hydrogen-bond acceptors (Lipinski definition) is 4. The minimum Gasteiger partial charge on any atom is -0.369 e. The van der Waals surface area contributed by atoms with Gasteiger partial charge in [-0.25, -0.2) is 0 Å². The summed E-state index contributed by atoms with van der Waals surface area (Å²) in [5, 5.41) is 5.03. The molecule has 4 rings (SSSR count). The lowest BCUT2D eigenvalue weighted by molar-refractivity contribution is -0.0350. The van der Waals surface area contributed by atoms with Gasteiger partial charge in [-0.15, -0.1) is 0 Å². The maximum Gasteiger partial charge on any atom is 0.112 e. The highest BCUT2D eigenvalue weighted by molar-refractivity contribution is 6.31. The van der Waals surface area contributed by atoms with Gasteiger partial charge in [-0.05, 0) is 23.8 Å². The normalized spacial score (nSPS) is 17.9. The Morgan fingerprint density at radius 2 is 2.07 bits per heavy atom. The van der Waals surface area contributed by atoms with Crippen LogP contribution in [0.4, 0.5) is 0 Å². The fourth-order valence-corrected chi connectivity index (χ4v) is 3.65. The third kappa shape index (κ3) is 4.56. The van der Waals surface area contributed by atoms with Crippen molar-refractivity contribution in [2.24, 2.45) is 7.05 Å². The molecule has 0 amide bonds. The van der Waals surface area contributed by atoms with Crippen LogP contribution in [-0.4, -0.2) is 39.4 Å². The summed E-state index contributed by atoms with van der Waals surface area (Å²) in [5.41, 5.74) is 4.30. The molecule has 1 saturated heterocycles. The first-order valence-electron chi connectivity index (χ1n) is 9.18. The lowest BCUT2D eigenvalue weighted by Gasteiger charge is -2.32. The lowest BCUT2D eigenvalue weighted by Crippen LogP contribution is -2.38. The number of nitrogens with zero attached hydrogens (tertiary/aromatic N) is 4. The van der Waals surface area contributed by atoms with Gasteiger partial charge in [0.2, 0.25) is 0 Å². The molecule has 2 aromatic heterocycles. The largest absolute Gasteiger partial charge is 0.369 e. The Bertz CT molecular complexity index is 910. The molecule has 1 fully saturated rings. The number of pyridine rings is 1. The van der Waals surface area contributed by atoms with E-state index in [0.29, 0.717) is 6.61 Å². The Balaban J connectivity index is 1.45. The Kier molecular flexibility index (Phi) is 5.53. The molecule has 5 nitrogen and oxygen atoms in total. The van der Waals surface area contributed by atoms with E-state index in [1.165, 1.54) is 5.56 Å². The van der Waals surface area contributed by atoms with E-state index in [9.17, 15) is 0 Å². The molecule has 1 aromatic carbocycles. The van der Waals surface area contributed by atoms with E-state index in [1.54, 1.807) is 0 Å². The quantitative estimate of drug-likeness (QED) is 0.675. The molecule has 0 spiro atoms. The molecule has 3 aromatic rings. The smallest absolute Gasteiger partial charge is 0.112 e. The van der Waals surface area contributed by atoms with Crippen LogP contribution in [0.5, 0.6) is 0 Å². The molecule has 140 valence electrons. The van der Waals surface area contributed by atoms with Crippen molar-refractivity contribution in [3.63, 3.8) is 0 Å². The van der Waals surface area contributed by atoms with Crippen LogP contribution in [0.25, 0.3) is 0 Å². The van der Waals surface area contributed by atoms with Crippen LogP contribution < -0.4 is 0 Å². The van der Waals surface area contributed by atoms with Crippen molar-refractivity contribution < 1.29 is 4.74 Å². The molecule has 1 atom stereocenters. The first-order valence-corrected chi connectivity index (χ1v) is 9.56. The number of ether oxygens (including phenoxy) is 1. The lowest BCUT2D eigenvalue weighted by atomic mass is 10.1. The van der Waals surface area contributed by atoms with Crippen molar-refractivity contribution in [2.45, 2.75) is 19.1 Å². The highest BCUT2D eigenvalue weighted by Crippen LogP contribution is 2.23. The number of aryl methyl sites for hydroxylation is 1. The Hall–Kier alpha value is -2.21. The molecule has 0 radical (unpaired) electrons. The third-order valence-corrected chi connectivity index (χ3v) is 5.17. The Labute approximate surface area is 164 Å². The van der Waals surface area contributed by atoms with Crippen molar-refractivity contribution in [1.82, 2.24) is 19.7 Å². The van der Waals surface area contributed by atoms with Crippen LogP contribution in [0.2, 0.25) is 5.02 Å². The second-order valence-electron chi connectivity index (χ2n) is 6.94. The van der Waals surface area contributed by atoms with Crippen LogP contribution in [0.15, 0.2) is 54.9 Å². The highest BCUT2D eigenvalue weighted by atomic mass is 35.5. The number of hydrogen-bond donors (Lipinski definition) is 0. The summed E-state index contributed by atoms with van der Waals surface area (Å²) in [6.45, 7) is 3.34. The predicted octanol–water partition coefficient (Wildman–Crippen LogP) is 3.63. The van der Waals surface area contributed by atoms with Gasteiger partial charge in [0.05, 0.1) is 18.5 Å². The van der Waals surface area contributed by atoms with Crippen LogP contribution in [0, 0.1) is 0 Å². The molecule has 27 heavy (non-hydrogen) atoms. The summed E-state index contributed by atoms with van der Waals surface area (Å²) in [6, 6.07) is 14.1. The van der Waals surface area contributed by atoms with Gasteiger partial charge in [-0.2, -0.15) is 5.10 Å². The fourth-order valence-electron chi connectivity index (χ4n) is 3.45. The van der Waals surface area contributed by atoms with Crippen molar-refractivity contribution in [1.29, 1.82) is 0 Å². The van der Waals surface area contributed by atoms with E-state index in [4.69, 9.17) is 21.3 Å². The van der Waals surface area contributed by atoms with Crippen molar-refractivity contribution in [3.05, 3.63) is 82.4 Å². The average Bonchev–Trinajstić information content (AvgIpc) is 3.09. The number of morpholine rings is 1. The van der Waals surface area contributed by atoms with Crippen LogP contribution in [0.3, 0.4) is 0 Å². The molecule has 0 aliphatic carbocycles. The standard InChI is InChI=1S/C21H23ClN4O/c1-25-13-16(12-23-25)14-26-9-10-27-21(15-26)20-8-4-6-18(24-20)11-17-5-2-3-7-19(17)22/h2-8,12-13,21H,9-11,14-15H2,1H3/t21-/m1/s1. The molecule has 3 heterocycles. The number of rotatable bonds is 5. The molecule has 0 saturated carbocycles. The van der Waals surface area contributed by atoms with E-state index < -0.39 is 0 Å². The minimum absolute atomic E-state index is 0.0124. The van der Waals surface area contributed by atoms with Gasteiger partial charge in [0.15, 0.2) is 0 Å². The van der Waals surface area contributed by atoms with Gasteiger partial charge in [-0.1, -0.05) is 35.9 Å². The van der Waals surface area contributed by atoms with Crippen molar-refractivity contribution >= 4 is 11.6 Å². The highest BCUT2D eigenvalue weighted by Gasteiger charge is 2.23. The van der Waals surface area contributed by atoms with E-state index in [1.807, 2.05) is 54.3 Å². The average molecular weight is 383 g/mol. The van der Waals surface area contributed by atoms with Gasteiger partial charge < -0.3 is 4.74 Å². The number of halogens is 1. The van der Waals surface area contributed by atoms with Crippen LogP contribution in [0.1, 0.15) is 28.6 Å².